The molecular formula is C13H21ClNNaO3. The number of unbranched alkanes of at least 4 members (excludes halogenated alkanes) is 2. The first-order valence-corrected chi connectivity index (χ1v) is 6.72. The van der Waals surface area contributed by atoms with E-state index < -0.39 is 5.97 Å². The summed E-state index contributed by atoms with van der Waals surface area (Å²) in [6.07, 6.45) is 4.66. The fourth-order valence-corrected chi connectivity index (χ4v) is 2.00. The van der Waals surface area contributed by atoms with Gasteiger partial charge in [-0.3, -0.25) is 4.79 Å². The van der Waals surface area contributed by atoms with E-state index in [0.717, 1.165) is 19.3 Å². The molecule has 1 amide bonds. The molecule has 0 saturated heterocycles. The van der Waals surface area contributed by atoms with Gasteiger partial charge in [-0.15, -0.1) is 11.6 Å². The molecular weight excluding hydrogens is 277 g/mol. The predicted molar refractivity (Wildman–Crippen MR) is 71.4 cm³/mol. The number of halogens is 1. The van der Waals surface area contributed by atoms with Crippen LogP contribution >= 0.6 is 11.6 Å². The van der Waals surface area contributed by atoms with Crippen molar-refractivity contribution < 1.29 is 45.7 Å². The molecule has 1 aliphatic carbocycles. The standard InChI is InChI=1S/C13H20ClNO3.Na.H/c1-13(2)8-9(13)11(16)15-10(12(17)18)6-4-3-5-7-14;;/h6,9H,3-5,7-8H2,1-2H3,(H,15,16)(H,17,18);;/q;+1;-1/b10-6-;;/t9-;;/m1../s1. The quantitative estimate of drug-likeness (QED) is 0.292. The number of carbonyl (C=O) groups is 2. The largest absolute Gasteiger partial charge is 1.00 e. The summed E-state index contributed by atoms with van der Waals surface area (Å²) in [4.78, 5) is 22.8. The molecule has 0 aliphatic heterocycles. The van der Waals surface area contributed by atoms with E-state index in [9.17, 15) is 9.59 Å². The Kier molecular flexibility index (Phi) is 8.29. The number of amides is 1. The van der Waals surface area contributed by atoms with E-state index in [1.54, 1.807) is 6.08 Å². The number of carbonyl (C=O) groups excluding carboxylic acids is 1. The molecule has 1 saturated carbocycles. The van der Waals surface area contributed by atoms with Crippen LogP contribution in [-0.4, -0.2) is 22.9 Å². The first kappa shape index (κ1) is 19.0. The summed E-state index contributed by atoms with van der Waals surface area (Å²) in [5, 5.41) is 11.5. The molecule has 0 aromatic rings. The Labute approximate surface area is 142 Å². The minimum atomic E-state index is -1.09. The maximum atomic E-state index is 11.8. The Morgan fingerprint density at radius 1 is 1.47 bits per heavy atom. The molecule has 0 aromatic heterocycles. The van der Waals surface area contributed by atoms with Crippen LogP contribution < -0.4 is 34.9 Å². The molecule has 2 N–H and O–H groups in total. The van der Waals surface area contributed by atoms with Gasteiger partial charge in [-0.05, 0) is 31.1 Å². The molecule has 0 radical (unpaired) electrons. The fraction of sp³-hybridized carbons (Fsp3) is 0.692. The van der Waals surface area contributed by atoms with Crippen LogP contribution in [0.15, 0.2) is 11.8 Å². The maximum Gasteiger partial charge on any atom is 1.00 e. The average Bonchev–Trinajstić information content (AvgIpc) is 2.92. The topological polar surface area (TPSA) is 66.4 Å². The van der Waals surface area contributed by atoms with Crippen molar-refractivity contribution >= 4 is 23.5 Å². The first-order valence-electron chi connectivity index (χ1n) is 6.19. The van der Waals surface area contributed by atoms with Gasteiger partial charge < -0.3 is 11.8 Å². The van der Waals surface area contributed by atoms with Crippen molar-refractivity contribution in [3.8, 4) is 0 Å². The molecule has 0 unspecified atom stereocenters. The number of rotatable bonds is 7. The molecule has 0 heterocycles. The van der Waals surface area contributed by atoms with Crippen molar-refractivity contribution in [3.63, 3.8) is 0 Å². The van der Waals surface area contributed by atoms with Crippen LogP contribution in [0.5, 0.6) is 0 Å². The molecule has 19 heavy (non-hydrogen) atoms. The van der Waals surface area contributed by atoms with Gasteiger partial charge in [-0.25, -0.2) is 4.79 Å². The number of alkyl halides is 1. The van der Waals surface area contributed by atoms with E-state index in [2.05, 4.69) is 5.32 Å². The van der Waals surface area contributed by atoms with Crippen LogP contribution in [-0.2, 0) is 9.59 Å². The van der Waals surface area contributed by atoms with E-state index in [1.165, 1.54) is 0 Å². The second kappa shape index (κ2) is 8.30. The van der Waals surface area contributed by atoms with Gasteiger partial charge in [-0.2, -0.15) is 0 Å². The molecule has 6 heteroatoms. The average molecular weight is 298 g/mol. The fourth-order valence-electron chi connectivity index (χ4n) is 1.81. The Balaban J connectivity index is 0. The third kappa shape index (κ3) is 6.30. The van der Waals surface area contributed by atoms with E-state index in [-0.39, 0.29) is 53.9 Å². The Bertz CT molecular complexity index is 375. The number of carboxylic acids is 1. The van der Waals surface area contributed by atoms with Crippen LogP contribution in [0.2, 0.25) is 0 Å². The molecule has 104 valence electrons. The minimum Gasteiger partial charge on any atom is -1.00 e. The van der Waals surface area contributed by atoms with Crippen LogP contribution in [0.3, 0.4) is 0 Å². The second-order valence-corrected chi connectivity index (χ2v) is 5.72. The number of carboxylic acid groups (broad SMARTS) is 1. The van der Waals surface area contributed by atoms with Crippen molar-refractivity contribution in [1.82, 2.24) is 5.32 Å². The number of nitrogens with one attached hydrogen (secondary N) is 1. The maximum absolute atomic E-state index is 11.8. The molecule has 0 bridgehead atoms. The predicted octanol–water partition coefficient (Wildman–Crippen LogP) is -0.357. The zero-order valence-corrected chi connectivity index (χ0v) is 14.6. The Morgan fingerprint density at radius 2 is 2.05 bits per heavy atom. The van der Waals surface area contributed by atoms with E-state index >= 15 is 0 Å². The van der Waals surface area contributed by atoms with E-state index in [0.29, 0.717) is 12.3 Å². The van der Waals surface area contributed by atoms with Gasteiger partial charge in [-0.1, -0.05) is 19.9 Å². The summed E-state index contributed by atoms with van der Waals surface area (Å²) in [5.74, 6) is -0.777. The number of hydrogen-bond acceptors (Lipinski definition) is 2. The van der Waals surface area contributed by atoms with Gasteiger partial charge in [0.2, 0.25) is 5.91 Å². The van der Waals surface area contributed by atoms with Gasteiger partial charge in [0.25, 0.3) is 0 Å². The molecule has 4 nitrogen and oxygen atoms in total. The van der Waals surface area contributed by atoms with Gasteiger partial charge in [0, 0.05) is 11.8 Å². The normalized spacial score (nSPS) is 20.4. The minimum absolute atomic E-state index is 0. The SMILES string of the molecule is CC1(C)C[C@@H]1C(=O)N/C(=C\CCCCCl)C(=O)O.[H-].[Na+]. The van der Waals surface area contributed by atoms with Crippen molar-refractivity contribution in [2.45, 2.75) is 39.5 Å². The van der Waals surface area contributed by atoms with Gasteiger partial charge >= 0.3 is 35.5 Å². The third-order valence-corrected chi connectivity index (χ3v) is 3.52. The van der Waals surface area contributed by atoms with Crippen LogP contribution in [0.1, 0.15) is 41.0 Å². The molecule has 1 atom stereocenters. The van der Waals surface area contributed by atoms with Gasteiger partial charge in [0.1, 0.15) is 5.70 Å². The smallest absolute Gasteiger partial charge is 1.00 e. The number of allylic oxidation sites excluding steroid dienone is 1. The van der Waals surface area contributed by atoms with Crippen molar-refractivity contribution in [3.05, 3.63) is 11.8 Å². The van der Waals surface area contributed by atoms with Crippen LogP contribution in [0.25, 0.3) is 0 Å². The molecule has 0 spiro atoms. The molecule has 1 aliphatic rings. The second-order valence-electron chi connectivity index (χ2n) is 5.34. The molecule has 0 aromatic carbocycles. The van der Waals surface area contributed by atoms with Gasteiger partial charge in [0.05, 0.1) is 0 Å². The zero-order chi connectivity index (χ0) is 13.8. The molecule has 1 fully saturated rings. The van der Waals surface area contributed by atoms with Crippen LogP contribution in [0, 0.1) is 11.3 Å². The monoisotopic (exact) mass is 297 g/mol. The summed E-state index contributed by atoms with van der Waals surface area (Å²) in [6.45, 7) is 4.00. The van der Waals surface area contributed by atoms with Crippen molar-refractivity contribution in [2.75, 3.05) is 5.88 Å². The zero-order valence-electron chi connectivity index (χ0n) is 12.8. The Hall–Kier alpha value is -0.0300. The summed E-state index contributed by atoms with van der Waals surface area (Å²) in [7, 11) is 0. The first-order chi connectivity index (χ1) is 8.38. The number of aliphatic carboxylic acids is 1. The van der Waals surface area contributed by atoms with E-state index in [4.69, 9.17) is 16.7 Å². The summed E-state index contributed by atoms with van der Waals surface area (Å²) < 4.78 is 0. The molecule has 1 rings (SSSR count). The van der Waals surface area contributed by atoms with Crippen LogP contribution in [0.4, 0.5) is 0 Å². The number of hydrogen-bond donors (Lipinski definition) is 2. The summed E-state index contributed by atoms with van der Waals surface area (Å²) in [5.41, 5.74) is -0.0101. The summed E-state index contributed by atoms with van der Waals surface area (Å²) in [6, 6.07) is 0. The van der Waals surface area contributed by atoms with Crippen molar-refractivity contribution in [2.24, 2.45) is 11.3 Å². The van der Waals surface area contributed by atoms with Gasteiger partial charge in [0.15, 0.2) is 0 Å². The van der Waals surface area contributed by atoms with E-state index in [1.807, 2.05) is 13.8 Å². The summed E-state index contributed by atoms with van der Waals surface area (Å²) >= 11 is 5.54. The van der Waals surface area contributed by atoms with Crippen molar-refractivity contribution in [1.29, 1.82) is 0 Å². The third-order valence-electron chi connectivity index (χ3n) is 3.25. The Morgan fingerprint density at radius 3 is 2.47 bits per heavy atom.